The molecule has 2 heterocycles. The molecule has 2 aromatic heterocycles. The minimum Gasteiger partial charge on any atom is -0.363 e. The number of nitrogens with zero attached hydrogens (tertiary/aromatic N) is 3. The molecule has 1 aliphatic rings. The molecule has 0 unspecified atom stereocenters. The number of anilines is 1. The van der Waals surface area contributed by atoms with Gasteiger partial charge in [-0.2, -0.15) is 0 Å². The van der Waals surface area contributed by atoms with Gasteiger partial charge >= 0.3 is 0 Å². The third-order valence-corrected chi connectivity index (χ3v) is 6.01. The summed E-state index contributed by atoms with van der Waals surface area (Å²) in [5, 5.41) is 14.5. The fraction of sp³-hybridized carbons (Fsp3) is 0.615. The standard InChI is InChI=1S/C13H18N4S2/c1-8-10(12-16-17-13(14-2)19-12)18-11(15-8)9-6-4-3-5-7-9/h9H,3-7H2,1-2H3,(H,14,17). The Morgan fingerprint density at radius 3 is 2.58 bits per heavy atom. The second kappa shape index (κ2) is 5.54. The Labute approximate surface area is 121 Å². The first-order valence-corrected chi connectivity index (χ1v) is 8.40. The van der Waals surface area contributed by atoms with E-state index in [1.165, 1.54) is 42.0 Å². The number of hydrogen-bond acceptors (Lipinski definition) is 6. The quantitative estimate of drug-likeness (QED) is 0.927. The first-order chi connectivity index (χ1) is 9.28. The van der Waals surface area contributed by atoms with Crippen molar-refractivity contribution in [2.75, 3.05) is 12.4 Å². The largest absolute Gasteiger partial charge is 0.363 e. The Balaban J connectivity index is 1.88. The number of aromatic nitrogens is 3. The summed E-state index contributed by atoms with van der Waals surface area (Å²) in [4.78, 5) is 5.98. The van der Waals surface area contributed by atoms with Crippen LogP contribution in [-0.2, 0) is 0 Å². The maximum Gasteiger partial charge on any atom is 0.205 e. The normalized spacial score (nSPS) is 16.7. The SMILES string of the molecule is CNc1nnc(-c2sc(C3CCCCC3)nc2C)s1. The first kappa shape index (κ1) is 13.0. The van der Waals surface area contributed by atoms with Crippen LogP contribution in [0.2, 0.25) is 0 Å². The number of rotatable bonds is 3. The molecule has 0 atom stereocenters. The van der Waals surface area contributed by atoms with E-state index in [1.54, 1.807) is 11.3 Å². The zero-order chi connectivity index (χ0) is 13.2. The van der Waals surface area contributed by atoms with Crippen molar-refractivity contribution in [2.45, 2.75) is 44.9 Å². The van der Waals surface area contributed by atoms with E-state index in [4.69, 9.17) is 4.98 Å². The summed E-state index contributed by atoms with van der Waals surface area (Å²) < 4.78 is 0. The molecule has 0 saturated heterocycles. The van der Waals surface area contributed by atoms with E-state index in [2.05, 4.69) is 22.4 Å². The minimum absolute atomic E-state index is 0.669. The van der Waals surface area contributed by atoms with E-state index in [-0.39, 0.29) is 0 Å². The van der Waals surface area contributed by atoms with Gasteiger partial charge in [0, 0.05) is 13.0 Å². The van der Waals surface area contributed by atoms with Crippen LogP contribution in [0, 0.1) is 6.92 Å². The summed E-state index contributed by atoms with van der Waals surface area (Å²) in [6, 6.07) is 0. The molecule has 1 N–H and O–H groups in total. The van der Waals surface area contributed by atoms with Crippen molar-refractivity contribution in [3.05, 3.63) is 10.7 Å². The van der Waals surface area contributed by atoms with Crippen LogP contribution in [0.1, 0.15) is 48.7 Å². The molecule has 3 rings (SSSR count). The summed E-state index contributed by atoms with van der Waals surface area (Å²) in [5.74, 6) is 0.669. The Morgan fingerprint density at radius 1 is 1.11 bits per heavy atom. The molecule has 2 aromatic rings. The molecule has 1 fully saturated rings. The Hall–Kier alpha value is -1.01. The molecule has 1 saturated carbocycles. The minimum atomic E-state index is 0.669. The van der Waals surface area contributed by atoms with Crippen molar-refractivity contribution in [2.24, 2.45) is 0 Å². The van der Waals surface area contributed by atoms with Crippen LogP contribution < -0.4 is 5.32 Å². The molecule has 0 aliphatic heterocycles. The number of hydrogen-bond donors (Lipinski definition) is 1. The second-order valence-corrected chi connectivity index (χ2v) is 6.97. The molecule has 0 bridgehead atoms. The predicted molar refractivity (Wildman–Crippen MR) is 81.1 cm³/mol. The lowest BCUT2D eigenvalue weighted by Crippen LogP contribution is -2.03. The van der Waals surface area contributed by atoms with Gasteiger partial charge in [0.05, 0.1) is 15.6 Å². The fourth-order valence-corrected chi connectivity index (χ4v) is 4.61. The first-order valence-electron chi connectivity index (χ1n) is 6.77. The van der Waals surface area contributed by atoms with Gasteiger partial charge < -0.3 is 5.32 Å². The lowest BCUT2D eigenvalue weighted by molar-refractivity contribution is 0.442. The smallest absolute Gasteiger partial charge is 0.205 e. The fourth-order valence-electron chi connectivity index (χ4n) is 2.56. The Kier molecular flexibility index (Phi) is 3.79. The van der Waals surface area contributed by atoms with Gasteiger partial charge in [-0.25, -0.2) is 4.98 Å². The molecule has 19 heavy (non-hydrogen) atoms. The zero-order valence-electron chi connectivity index (χ0n) is 11.3. The van der Waals surface area contributed by atoms with Crippen LogP contribution in [0.4, 0.5) is 5.13 Å². The highest BCUT2D eigenvalue weighted by atomic mass is 32.1. The van der Waals surface area contributed by atoms with E-state index in [1.807, 2.05) is 18.4 Å². The van der Waals surface area contributed by atoms with Crippen molar-refractivity contribution in [1.29, 1.82) is 0 Å². The van der Waals surface area contributed by atoms with Crippen LogP contribution in [0.3, 0.4) is 0 Å². The highest BCUT2D eigenvalue weighted by Crippen LogP contribution is 2.40. The highest BCUT2D eigenvalue weighted by molar-refractivity contribution is 7.23. The van der Waals surface area contributed by atoms with Gasteiger partial charge in [-0.3, -0.25) is 0 Å². The van der Waals surface area contributed by atoms with Gasteiger partial charge in [0.1, 0.15) is 0 Å². The van der Waals surface area contributed by atoms with Gasteiger partial charge in [0.25, 0.3) is 0 Å². The molecule has 0 amide bonds. The van der Waals surface area contributed by atoms with Gasteiger partial charge in [-0.05, 0) is 19.8 Å². The van der Waals surface area contributed by atoms with E-state index in [0.717, 1.165) is 15.8 Å². The average Bonchev–Trinajstić information content (AvgIpc) is 3.06. The monoisotopic (exact) mass is 294 g/mol. The molecule has 6 heteroatoms. The molecule has 0 aromatic carbocycles. The van der Waals surface area contributed by atoms with Crippen molar-refractivity contribution < 1.29 is 0 Å². The van der Waals surface area contributed by atoms with Crippen molar-refractivity contribution in [3.63, 3.8) is 0 Å². The summed E-state index contributed by atoms with van der Waals surface area (Å²) >= 11 is 3.41. The highest BCUT2D eigenvalue weighted by Gasteiger charge is 2.22. The van der Waals surface area contributed by atoms with Crippen molar-refractivity contribution in [1.82, 2.24) is 15.2 Å². The summed E-state index contributed by atoms with van der Waals surface area (Å²) in [7, 11) is 1.87. The van der Waals surface area contributed by atoms with E-state index >= 15 is 0 Å². The van der Waals surface area contributed by atoms with E-state index in [0.29, 0.717) is 5.92 Å². The molecule has 0 spiro atoms. The van der Waals surface area contributed by atoms with Crippen LogP contribution in [0.5, 0.6) is 0 Å². The van der Waals surface area contributed by atoms with Gasteiger partial charge in [-0.1, -0.05) is 30.6 Å². The molecule has 102 valence electrons. The molecule has 4 nitrogen and oxygen atoms in total. The van der Waals surface area contributed by atoms with Crippen LogP contribution >= 0.6 is 22.7 Å². The lowest BCUT2D eigenvalue weighted by Gasteiger charge is -2.18. The number of nitrogens with one attached hydrogen (secondary N) is 1. The molecular formula is C13H18N4S2. The second-order valence-electron chi connectivity index (χ2n) is 4.96. The molecule has 0 radical (unpaired) electrons. The topological polar surface area (TPSA) is 50.7 Å². The number of thiazole rings is 1. The third-order valence-electron chi connectivity index (χ3n) is 3.60. The van der Waals surface area contributed by atoms with Crippen molar-refractivity contribution >= 4 is 27.8 Å². The van der Waals surface area contributed by atoms with Crippen LogP contribution in [0.15, 0.2) is 0 Å². The predicted octanol–water partition coefficient (Wildman–Crippen LogP) is 4.06. The van der Waals surface area contributed by atoms with Crippen molar-refractivity contribution in [3.8, 4) is 9.88 Å². The molecular weight excluding hydrogens is 276 g/mol. The summed E-state index contributed by atoms with van der Waals surface area (Å²) in [6.07, 6.45) is 6.67. The van der Waals surface area contributed by atoms with E-state index < -0.39 is 0 Å². The average molecular weight is 294 g/mol. The van der Waals surface area contributed by atoms with Gasteiger partial charge in [-0.15, -0.1) is 21.5 Å². The summed E-state index contributed by atoms with van der Waals surface area (Å²) in [6.45, 7) is 2.08. The molecule has 1 aliphatic carbocycles. The lowest BCUT2D eigenvalue weighted by atomic mass is 9.90. The zero-order valence-corrected chi connectivity index (χ0v) is 12.9. The van der Waals surface area contributed by atoms with Crippen LogP contribution in [0.25, 0.3) is 9.88 Å². The number of aryl methyl sites for hydroxylation is 1. The van der Waals surface area contributed by atoms with E-state index in [9.17, 15) is 0 Å². The maximum absolute atomic E-state index is 4.78. The summed E-state index contributed by atoms with van der Waals surface area (Å²) in [5.41, 5.74) is 1.10. The third kappa shape index (κ3) is 2.65. The Morgan fingerprint density at radius 2 is 1.89 bits per heavy atom. The van der Waals surface area contributed by atoms with Gasteiger partial charge in [0.15, 0.2) is 5.01 Å². The van der Waals surface area contributed by atoms with Crippen LogP contribution in [-0.4, -0.2) is 22.2 Å². The Bertz CT molecular complexity index is 555. The van der Waals surface area contributed by atoms with Gasteiger partial charge in [0.2, 0.25) is 5.13 Å². The maximum atomic E-state index is 4.78.